The first kappa shape index (κ1) is 16.0. The average Bonchev–Trinajstić information content (AvgIpc) is 2.52. The van der Waals surface area contributed by atoms with Gasteiger partial charge in [0.15, 0.2) is 6.61 Å². The number of ether oxygens (including phenoxy) is 1. The van der Waals surface area contributed by atoms with Crippen LogP contribution in [0.1, 0.15) is 17.3 Å². The van der Waals surface area contributed by atoms with E-state index in [0.717, 1.165) is 0 Å². The maximum Gasteiger partial charge on any atom is 0.351 e. The molecule has 2 rings (SSSR count). The van der Waals surface area contributed by atoms with Crippen molar-refractivity contribution in [2.24, 2.45) is 5.73 Å². The topological polar surface area (TPSA) is 123 Å². The van der Waals surface area contributed by atoms with Crippen molar-refractivity contribution in [2.45, 2.75) is 6.92 Å². The number of nitriles is 1. The van der Waals surface area contributed by atoms with E-state index in [9.17, 15) is 14.4 Å². The van der Waals surface area contributed by atoms with Gasteiger partial charge < -0.3 is 14.9 Å². The first-order valence-corrected chi connectivity index (χ1v) is 6.53. The molecule has 0 atom stereocenters. The van der Waals surface area contributed by atoms with Crippen LogP contribution in [0, 0.1) is 11.3 Å². The summed E-state index contributed by atoms with van der Waals surface area (Å²) in [6.45, 7) is 0.693. The molecule has 0 amide bonds. The van der Waals surface area contributed by atoms with E-state index in [2.05, 4.69) is 0 Å². The van der Waals surface area contributed by atoms with Crippen LogP contribution in [0.2, 0.25) is 0 Å². The smallest absolute Gasteiger partial charge is 0.351 e. The van der Waals surface area contributed by atoms with E-state index in [4.69, 9.17) is 20.1 Å². The van der Waals surface area contributed by atoms with Gasteiger partial charge in [0.1, 0.15) is 22.8 Å². The lowest BCUT2D eigenvalue weighted by Gasteiger charge is -2.04. The summed E-state index contributed by atoms with van der Waals surface area (Å²) >= 11 is 0. The molecule has 1 aromatic heterocycles. The van der Waals surface area contributed by atoms with Crippen LogP contribution in [0.5, 0.6) is 0 Å². The lowest BCUT2D eigenvalue weighted by Crippen LogP contribution is -2.21. The number of Topliss-reactive ketones (excluding diaryl/α,β-unsaturated/α-hetero) is 1. The summed E-state index contributed by atoms with van der Waals surface area (Å²) in [5.74, 6) is -1.75. The van der Waals surface area contributed by atoms with Crippen molar-refractivity contribution in [2.75, 3.05) is 6.61 Å². The fraction of sp³-hybridized carbons (Fsp3) is 0.125. The van der Waals surface area contributed by atoms with Crippen LogP contribution in [-0.2, 0) is 9.53 Å². The van der Waals surface area contributed by atoms with E-state index in [1.54, 1.807) is 30.3 Å². The average molecular weight is 312 g/mol. The fourth-order valence-electron chi connectivity index (χ4n) is 1.86. The molecule has 7 heteroatoms. The maximum atomic E-state index is 11.9. The van der Waals surface area contributed by atoms with Gasteiger partial charge in [0.05, 0.1) is 0 Å². The second-order valence-electron chi connectivity index (χ2n) is 4.65. The highest BCUT2D eigenvalue weighted by molar-refractivity contribution is 6.02. The van der Waals surface area contributed by atoms with Crippen molar-refractivity contribution in [3.8, 4) is 6.07 Å². The number of benzene rings is 1. The fourth-order valence-corrected chi connectivity index (χ4v) is 1.86. The first-order chi connectivity index (χ1) is 10.9. The summed E-state index contributed by atoms with van der Waals surface area (Å²) in [5.41, 5.74) is 4.25. The van der Waals surface area contributed by atoms with Gasteiger partial charge in [0, 0.05) is 11.1 Å². The molecule has 7 nitrogen and oxygen atoms in total. The molecule has 0 saturated heterocycles. The Kier molecular flexibility index (Phi) is 4.57. The van der Waals surface area contributed by atoms with Crippen LogP contribution in [0.4, 0.5) is 0 Å². The first-order valence-electron chi connectivity index (χ1n) is 6.53. The van der Waals surface area contributed by atoms with E-state index in [1.807, 2.05) is 0 Å². The summed E-state index contributed by atoms with van der Waals surface area (Å²) in [5, 5.41) is 9.34. The SMILES string of the molecule is CC(N)=C(C#N)C(=O)COC(=O)c1cc2ccccc2oc1=O. The Balaban J connectivity index is 2.21. The molecule has 2 aromatic rings. The minimum atomic E-state index is -1.01. The monoisotopic (exact) mass is 312 g/mol. The predicted octanol–water partition coefficient (Wildman–Crippen LogP) is 1.28. The van der Waals surface area contributed by atoms with Crippen LogP contribution in [-0.4, -0.2) is 18.4 Å². The van der Waals surface area contributed by atoms with Gasteiger partial charge in [-0.3, -0.25) is 4.79 Å². The lowest BCUT2D eigenvalue weighted by molar-refractivity contribution is -0.118. The molecule has 0 unspecified atom stereocenters. The van der Waals surface area contributed by atoms with Gasteiger partial charge in [-0.1, -0.05) is 18.2 Å². The van der Waals surface area contributed by atoms with Crippen LogP contribution in [0.3, 0.4) is 0 Å². The number of hydrogen-bond donors (Lipinski definition) is 1. The number of para-hydroxylation sites is 1. The quantitative estimate of drug-likeness (QED) is 0.390. The maximum absolute atomic E-state index is 11.9. The van der Waals surface area contributed by atoms with Crippen molar-refractivity contribution >= 4 is 22.7 Å². The van der Waals surface area contributed by atoms with E-state index in [1.165, 1.54) is 13.0 Å². The second kappa shape index (κ2) is 6.58. The van der Waals surface area contributed by atoms with Crippen LogP contribution < -0.4 is 11.4 Å². The standard InChI is InChI=1S/C16H12N2O5/c1-9(18)12(7-17)13(19)8-22-15(20)11-6-10-4-2-3-5-14(10)23-16(11)21/h2-6H,8,18H2,1H3. The summed E-state index contributed by atoms with van der Waals surface area (Å²) in [6, 6.07) is 9.61. The Morgan fingerprint density at radius 1 is 1.35 bits per heavy atom. The third kappa shape index (κ3) is 3.44. The molecule has 0 spiro atoms. The minimum absolute atomic E-state index is 0.0266. The number of ketones is 1. The number of nitrogens with two attached hydrogens (primary N) is 1. The number of allylic oxidation sites excluding steroid dienone is 1. The number of carbonyl (C=O) groups excluding carboxylic acids is 2. The Hall–Kier alpha value is -3.40. The predicted molar refractivity (Wildman–Crippen MR) is 80.3 cm³/mol. The van der Waals surface area contributed by atoms with E-state index in [0.29, 0.717) is 11.0 Å². The molecule has 116 valence electrons. The Labute approximate surface area is 130 Å². The van der Waals surface area contributed by atoms with Crippen molar-refractivity contribution < 1.29 is 18.7 Å². The zero-order chi connectivity index (χ0) is 17.0. The Morgan fingerprint density at radius 3 is 2.70 bits per heavy atom. The number of esters is 1. The van der Waals surface area contributed by atoms with Gasteiger partial charge in [0.25, 0.3) is 0 Å². The largest absolute Gasteiger partial charge is 0.453 e. The second-order valence-corrected chi connectivity index (χ2v) is 4.65. The molecular formula is C16H12N2O5. The molecule has 0 fully saturated rings. The molecule has 0 bridgehead atoms. The van der Waals surface area contributed by atoms with Crippen LogP contribution in [0.25, 0.3) is 11.0 Å². The van der Waals surface area contributed by atoms with Gasteiger partial charge in [-0.15, -0.1) is 0 Å². The molecule has 2 N–H and O–H groups in total. The van der Waals surface area contributed by atoms with Crippen LogP contribution in [0.15, 0.2) is 50.8 Å². The highest BCUT2D eigenvalue weighted by Gasteiger charge is 2.18. The summed E-state index contributed by atoms with van der Waals surface area (Å²) in [4.78, 5) is 35.4. The number of nitrogens with zero attached hydrogens (tertiary/aromatic N) is 1. The normalized spacial score (nSPS) is 11.5. The van der Waals surface area contributed by atoms with Gasteiger partial charge in [-0.25, -0.2) is 9.59 Å². The molecule has 0 aliphatic rings. The van der Waals surface area contributed by atoms with Crippen molar-refractivity contribution in [3.05, 3.63) is 57.6 Å². The molecule has 1 heterocycles. The van der Waals surface area contributed by atoms with E-state index in [-0.39, 0.29) is 16.8 Å². The third-order valence-corrected chi connectivity index (χ3v) is 2.98. The highest BCUT2D eigenvalue weighted by Crippen LogP contribution is 2.13. The van der Waals surface area contributed by atoms with Gasteiger partial charge >= 0.3 is 11.6 Å². The van der Waals surface area contributed by atoms with E-state index < -0.39 is 24.0 Å². The van der Waals surface area contributed by atoms with Crippen molar-refractivity contribution in [3.63, 3.8) is 0 Å². The zero-order valence-electron chi connectivity index (χ0n) is 12.2. The number of hydrogen-bond acceptors (Lipinski definition) is 7. The highest BCUT2D eigenvalue weighted by atomic mass is 16.5. The summed E-state index contributed by atoms with van der Waals surface area (Å²) < 4.78 is 9.77. The number of carbonyl (C=O) groups is 2. The molecular weight excluding hydrogens is 300 g/mol. The molecule has 0 aliphatic heterocycles. The van der Waals surface area contributed by atoms with Crippen LogP contribution >= 0.6 is 0 Å². The Morgan fingerprint density at radius 2 is 2.04 bits per heavy atom. The number of fused-ring (bicyclic) bond motifs is 1. The Bertz CT molecular complexity index is 914. The van der Waals surface area contributed by atoms with Crippen molar-refractivity contribution in [1.82, 2.24) is 0 Å². The minimum Gasteiger partial charge on any atom is -0.453 e. The van der Waals surface area contributed by atoms with Gasteiger partial charge in [-0.05, 0) is 19.1 Å². The van der Waals surface area contributed by atoms with Gasteiger partial charge in [-0.2, -0.15) is 5.26 Å². The molecule has 0 aliphatic carbocycles. The van der Waals surface area contributed by atoms with Crippen molar-refractivity contribution in [1.29, 1.82) is 5.26 Å². The third-order valence-electron chi connectivity index (χ3n) is 2.98. The molecule has 23 heavy (non-hydrogen) atoms. The number of rotatable bonds is 4. The summed E-state index contributed by atoms with van der Waals surface area (Å²) in [7, 11) is 0. The zero-order valence-corrected chi connectivity index (χ0v) is 12.2. The molecule has 0 radical (unpaired) electrons. The van der Waals surface area contributed by atoms with E-state index >= 15 is 0 Å². The molecule has 1 aromatic carbocycles. The molecule has 0 saturated carbocycles. The van der Waals surface area contributed by atoms with Gasteiger partial charge in [0.2, 0.25) is 5.78 Å². The lowest BCUT2D eigenvalue weighted by atomic mass is 10.1. The summed E-state index contributed by atoms with van der Waals surface area (Å²) in [6.07, 6.45) is 0.